The molecule has 5 nitrogen and oxygen atoms in total. The minimum atomic E-state index is -3.66. The number of sulfonamides is 1. The van der Waals surface area contributed by atoms with E-state index in [1.165, 1.54) is 24.3 Å². The second kappa shape index (κ2) is 6.84. The first-order chi connectivity index (χ1) is 11.0. The summed E-state index contributed by atoms with van der Waals surface area (Å²) in [4.78, 5) is 0.338. The molecule has 0 heterocycles. The fourth-order valence-electron chi connectivity index (χ4n) is 2.37. The molecule has 130 valence electrons. The molecule has 2 aromatic rings. The van der Waals surface area contributed by atoms with Gasteiger partial charge in [0, 0.05) is 11.1 Å². The fraction of sp³-hybridized carbons (Fsp3) is 0.250. The van der Waals surface area contributed by atoms with Crippen LogP contribution in [-0.2, 0) is 19.9 Å². The van der Waals surface area contributed by atoms with Gasteiger partial charge in [0.15, 0.2) is 0 Å². The first-order valence-electron chi connectivity index (χ1n) is 7.09. The molecule has 2 rings (SSSR count). The van der Waals surface area contributed by atoms with Crippen molar-refractivity contribution in [1.29, 1.82) is 0 Å². The van der Waals surface area contributed by atoms with Gasteiger partial charge in [0.25, 0.3) is 0 Å². The zero-order chi connectivity index (χ0) is 18.1. The molecule has 0 aliphatic carbocycles. The largest absolute Gasteiger partial charge is 0.219 e. The first kappa shape index (κ1) is 18.9. The Balaban J connectivity index is 2.36. The lowest BCUT2D eigenvalue weighted by Gasteiger charge is -2.14. The normalized spacial score (nSPS) is 13.7. The van der Waals surface area contributed by atoms with Gasteiger partial charge in [-0.1, -0.05) is 23.7 Å². The van der Waals surface area contributed by atoms with Crippen LogP contribution in [0.15, 0.2) is 52.3 Å². The summed E-state index contributed by atoms with van der Waals surface area (Å²) < 4.78 is 50.4. The molecule has 24 heavy (non-hydrogen) atoms. The monoisotopic (exact) mass is 387 g/mol. The molecule has 0 aliphatic heterocycles. The minimum absolute atomic E-state index is 0.142. The van der Waals surface area contributed by atoms with Gasteiger partial charge in [-0.05, 0) is 55.3 Å². The number of sulfone groups is 1. The standard InChI is InChI=1S/C16H18ClNO4S2/c1-11-10-14(17)6-9-16(11)24(21,22)15-7-4-13(5-8-15)12(2)18-23(3,19)20/h4-10,12,18H,1-3H3/t12-/m0/s1. The molecule has 0 spiro atoms. The maximum atomic E-state index is 12.7. The van der Waals surface area contributed by atoms with E-state index in [0.717, 1.165) is 6.26 Å². The van der Waals surface area contributed by atoms with Crippen molar-refractivity contribution >= 4 is 31.5 Å². The van der Waals surface area contributed by atoms with Gasteiger partial charge >= 0.3 is 0 Å². The van der Waals surface area contributed by atoms with Gasteiger partial charge < -0.3 is 0 Å². The summed E-state index contributed by atoms with van der Waals surface area (Å²) in [7, 11) is -7.00. The molecule has 0 aromatic heterocycles. The highest BCUT2D eigenvalue weighted by Crippen LogP contribution is 2.27. The van der Waals surface area contributed by atoms with Gasteiger partial charge in [-0.3, -0.25) is 0 Å². The van der Waals surface area contributed by atoms with E-state index >= 15 is 0 Å². The summed E-state index contributed by atoms with van der Waals surface area (Å²) in [5.74, 6) is 0. The summed E-state index contributed by atoms with van der Waals surface area (Å²) >= 11 is 5.87. The molecule has 2 aromatic carbocycles. The van der Waals surface area contributed by atoms with Crippen molar-refractivity contribution in [2.75, 3.05) is 6.26 Å². The van der Waals surface area contributed by atoms with Crippen molar-refractivity contribution < 1.29 is 16.8 Å². The van der Waals surface area contributed by atoms with Crippen LogP contribution < -0.4 is 4.72 Å². The zero-order valence-electron chi connectivity index (χ0n) is 13.4. The van der Waals surface area contributed by atoms with Crippen molar-refractivity contribution in [1.82, 2.24) is 4.72 Å². The summed E-state index contributed by atoms with van der Waals surface area (Å²) in [5.41, 5.74) is 1.24. The van der Waals surface area contributed by atoms with Crippen LogP contribution >= 0.6 is 11.6 Å². The highest BCUT2D eigenvalue weighted by atomic mass is 35.5. The number of hydrogen-bond acceptors (Lipinski definition) is 4. The molecule has 1 atom stereocenters. The Hall–Kier alpha value is -1.41. The number of aryl methyl sites for hydroxylation is 1. The third-order valence-electron chi connectivity index (χ3n) is 3.51. The maximum Gasteiger partial charge on any atom is 0.209 e. The van der Waals surface area contributed by atoms with Crippen molar-refractivity contribution in [2.24, 2.45) is 0 Å². The number of rotatable bonds is 5. The quantitative estimate of drug-likeness (QED) is 0.854. The molecule has 0 bridgehead atoms. The molecular weight excluding hydrogens is 370 g/mol. The van der Waals surface area contributed by atoms with E-state index in [9.17, 15) is 16.8 Å². The third-order valence-corrected chi connectivity index (χ3v) is 6.45. The van der Waals surface area contributed by atoms with Crippen LogP contribution in [-0.4, -0.2) is 23.1 Å². The average Bonchev–Trinajstić information content (AvgIpc) is 2.45. The highest BCUT2D eigenvalue weighted by Gasteiger charge is 2.20. The second-order valence-corrected chi connectivity index (χ2v) is 9.73. The number of nitrogens with one attached hydrogen (secondary N) is 1. The number of benzene rings is 2. The summed E-state index contributed by atoms with van der Waals surface area (Å²) in [5, 5.41) is 0.475. The van der Waals surface area contributed by atoms with Crippen LogP contribution in [0, 0.1) is 6.92 Å². The molecular formula is C16H18ClNO4S2. The van der Waals surface area contributed by atoms with Gasteiger partial charge in [-0.2, -0.15) is 0 Å². The fourth-order valence-corrected chi connectivity index (χ4v) is 4.85. The van der Waals surface area contributed by atoms with E-state index in [-0.39, 0.29) is 9.79 Å². The van der Waals surface area contributed by atoms with E-state index < -0.39 is 25.9 Å². The van der Waals surface area contributed by atoms with Crippen LogP contribution in [0.4, 0.5) is 0 Å². The number of hydrogen-bond donors (Lipinski definition) is 1. The van der Waals surface area contributed by atoms with Crippen molar-refractivity contribution in [3.63, 3.8) is 0 Å². The Morgan fingerprint density at radius 1 is 1.00 bits per heavy atom. The van der Waals surface area contributed by atoms with E-state index in [1.54, 1.807) is 32.0 Å². The second-order valence-electron chi connectivity index (χ2n) is 5.59. The lowest BCUT2D eigenvalue weighted by atomic mass is 10.1. The highest BCUT2D eigenvalue weighted by molar-refractivity contribution is 7.91. The van der Waals surface area contributed by atoms with E-state index in [0.29, 0.717) is 16.1 Å². The smallest absolute Gasteiger partial charge is 0.209 e. The van der Waals surface area contributed by atoms with E-state index in [2.05, 4.69) is 4.72 Å². The summed E-state index contributed by atoms with van der Waals surface area (Å²) in [6, 6.07) is 10.3. The summed E-state index contributed by atoms with van der Waals surface area (Å²) in [6.07, 6.45) is 1.08. The predicted octanol–water partition coefficient (Wildman–Crippen LogP) is 3.09. The molecule has 0 aliphatic rings. The topological polar surface area (TPSA) is 80.3 Å². The lowest BCUT2D eigenvalue weighted by molar-refractivity contribution is 0.572. The maximum absolute atomic E-state index is 12.7. The molecule has 8 heteroatoms. The molecule has 0 amide bonds. The van der Waals surface area contributed by atoms with Gasteiger partial charge in [0.1, 0.15) is 0 Å². The third kappa shape index (κ3) is 4.36. The van der Waals surface area contributed by atoms with Crippen molar-refractivity contribution in [3.05, 3.63) is 58.6 Å². The van der Waals surface area contributed by atoms with Gasteiger partial charge in [0.05, 0.1) is 16.0 Å². The van der Waals surface area contributed by atoms with Crippen LogP contribution in [0.5, 0.6) is 0 Å². The van der Waals surface area contributed by atoms with E-state index in [1.807, 2.05) is 0 Å². The van der Waals surface area contributed by atoms with E-state index in [4.69, 9.17) is 11.6 Å². The van der Waals surface area contributed by atoms with Crippen LogP contribution in [0.1, 0.15) is 24.1 Å². The van der Waals surface area contributed by atoms with Crippen LogP contribution in [0.25, 0.3) is 0 Å². The Bertz CT molecular complexity index is 952. The molecule has 0 saturated heterocycles. The van der Waals surface area contributed by atoms with Crippen molar-refractivity contribution in [2.45, 2.75) is 29.7 Å². The first-order valence-corrected chi connectivity index (χ1v) is 10.8. The molecule has 0 unspecified atom stereocenters. The average molecular weight is 388 g/mol. The molecule has 0 saturated carbocycles. The predicted molar refractivity (Wildman–Crippen MR) is 94.5 cm³/mol. The van der Waals surface area contributed by atoms with Gasteiger partial charge in [-0.25, -0.2) is 21.6 Å². The lowest BCUT2D eigenvalue weighted by Crippen LogP contribution is -2.25. The van der Waals surface area contributed by atoms with Crippen LogP contribution in [0.2, 0.25) is 5.02 Å². The van der Waals surface area contributed by atoms with Crippen molar-refractivity contribution in [3.8, 4) is 0 Å². The molecule has 0 radical (unpaired) electrons. The Kier molecular flexibility index (Phi) is 5.39. The molecule has 0 fully saturated rings. The molecule has 1 N–H and O–H groups in total. The SMILES string of the molecule is Cc1cc(Cl)ccc1S(=O)(=O)c1ccc([C@H](C)NS(C)(=O)=O)cc1. The van der Waals surface area contributed by atoms with Crippen LogP contribution in [0.3, 0.4) is 0 Å². The summed E-state index contributed by atoms with van der Waals surface area (Å²) in [6.45, 7) is 3.37. The Labute approximate surface area is 147 Å². The van der Waals surface area contributed by atoms with Gasteiger partial charge in [0.2, 0.25) is 19.9 Å². The number of halogens is 1. The Morgan fingerprint density at radius 3 is 2.08 bits per heavy atom. The van der Waals surface area contributed by atoms with Gasteiger partial charge in [-0.15, -0.1) is 0 Å². The zero-order valence-corrected chi connectivity index (χ0v) is 15.8. The minimum Gasteiger partial charge on any atom is -0.219 e. The Morgan fingerprint density at radius 2 is 1.58 bits per heavy atom.